The number of imidazole rings is 1. The Balaban J connectivity index is 2.30. The normalized spacial score (nSPS) is 10.9. The fourth-order valence-electron chi connectivity index (χ4n) is 1.98. The van der Waals surface area contributed by atoms with Crippen molar-refractivity contribution in [3.05, 3.63) is 24.3 Å². The molecule has 0 amide bonds. The van der Waals surface area contributed by atoms with Gasteiger partial charge in [0.1, 0.15) is 0 Å². The molecule has 0 aliphatic rings. The Hall–Kier alpha value is -1.82. The zero-order valence-electron chi connectivity index (χ0n) is 11.9. The summed E-state index contributed by atoms with van der Waals surface area (Å²) in [6.07, 6.45) is 1.96. The Labute approximate surface area is 127 Å². The Morgan fingerprint density at radius 1 is 1.29 bits per heavy atom. The maximum absolute atomic E-state index is 12.3. The third kappa shape index (κ3) is 3.85. The monoisotopic (exact) mass is 306 g/mol. The van der Waals surface area contributed by atoms with E-state index in [-0.39, 0.29) is 18.7 Å². The van der Waals surface area contributed by atoms with Gasteiger partial charge in [0.2, 0.25) is 5.91 Å². The van der Waals surface area contributed by atoms with E-state index in [2.05, 4.69) is 11.9 Å². The van der Waals surface area contributed by atoms with Crippen molar-refractivity contribution in [1.29, 1.82) is 0 Å². The number of nitrogens with zero attached hydrogens (tertiary/aromatic N) is 2. The van der Waals surface area contributed by atoms with Crippen molar-refractivity contribution in [3.8, 4) is 0 Å². The Morgan fingerprint density at radius 2 is 2.05 bits per heavy atom. The standard InChI is InChI=1S/C15H18N2O3S/c1-2-3-10-21-15-16-11-6-4-5-7-12(11)17(15)13(18)8-9-14(19)20/h4-7H,2-3,8-10H2,1H3,(H,19,20). The average Bonchev–Trinajstić information content (AvgIpc) is 2.83. The molecule has 21 heavy (non-hydrogen) atoms. The van der Waals surface area contributed by atoms with E-state index in [0.717, 1.165) is 29.6 Å². The molecular weight excluding hydrogens is 288 g/mol. The van der Waals surface area contributed by atoms with E-state index in [1.54, 1.807) is 16.3 Å². The first-order chi connectivity index (χ1) is 10.1. The van der Waals surface area contributed by atoms with Gasteiger partial charge in [-0.25, -0.2) is 4.98 Å². The third-order valence-electron chi connectivity index (χ3n) is 3.06. The van der Waals surface area contributed by atoms with E-state index in [1.165, 1.54) is 0 Å². The summed E-state index contributed by atoms with van der Waals surface area (Å²) in [4.78, 5) is 27.5. The predicted octanol–water partition coefficient (Wildman–Crippen LogP) is 3.43. The van der Waals surface area contributed by atoms with Crippen LogP contribution in [0, 0.1) is 0 Å². The quantitative estimate of drug-likeness (QED) is 0.626. The number of carboxylic acids is 1. The molecule has 0 saturated heterocycles. The van der Waals surface area contributed by atoms with Crippen molar-refractivity contribution in [2.75, 3.05) is 5.75 Å². The maximum atomic E-state index is 12.3. The van der Waals surface area contributed by atoms with E-state index in [9.17, 15) is 9.59 Å². The number of para-hydroxylation sites is 2. The summed E-state index contributed by atoms with van der Waals surface area (Å²) in [6.45, 7) is 2.11. The lowest BCUT2D eigenvalue weighted by Crippen LogP contribution is -2.13. The third-order valence-corrected chi connectivity index (χ3v) is 4.09. The smallest absolute Gasteiger partial charge is 0.303 e. The van der Waals surface area contributed by atoms with Crippen LogP contribution in [0.1, 0.15) is 37.4 Å². The molecule has 1 aromatic carbocycles. The van der Waals surface area contributed by atoms with Gasteiger partial charge in [-0.3, -0.25) is 14.2 Å². The SMILES string of the molecule is CCCCSc1nc2ccccc2n1C(=O)CCC(=O)O. The van der Waals surface area contributed by atoms with Crippen LogP contribution in [0.5, 0.6) is 0 Å². The van der Waals surface area contributed by atoms with Crippen molar-refractivity contribution in [3.63, 3.8) is 0 Å². The molecule has 2 rings (SSSR count). The number of fused-ring (bicyclic) bond motifs is 1. The zero-order chi connectivity index (χ0) is 15.2. The first kappa shape index (κ1) is 15.6. The summed E-state index contributed by atoms with van der Waals surface area (Å²) < 4.78 is 1.55. The Kier molecular flexibility index (Phi) is 5.38. The predicted molar refractivity (Wildman–Crippen MR) is 82.9 cm³/mol. The molecule has 1 heterocycles. The van der Waals surface area contributed by atoms with Crippen LogP contribution in [-0.4, -0.2) is 32.3 Å². The highest BCUT2D eigenvalue weighted by Gasteiger charge is 2.17. The highest BCUT2D eigenvalue weighted by molar-refractivity contribution is 7.99. The molecule has 0 aliphatic heterocycles. The molecule has 5 nitrogen and oxygen atoms in total. The number of aromatic nitrogens is 2. The van der Waals surface area contributed by atoms with Crippen LogP contribution in [0.4, 0.5) is 0 Å². The van der Waals surface area contributed by atoms with Gasteiger partial charge in [-0.15, -0.1) is 0 Å². The van der Waals surface area contributed by atoms with Gasteiger partial charge in [0, 0.05) is 12.2 Å². The number of carbonyl (C=O) groups excluding carboxylic acids is 1. The van der Waals surface area contributed by atoms with Crippen molar-refractivity contribution >= 4 is 34.7 Å². The number of benzene rings is 1. The molecule has 0 bridgehead atoms. The minimum atomic E-state index is -0.965. The molecule has 0 saturated carbocycles. The van der Waals surface area contributed by atoms with Gasteiger partial charge in [0.05, 0.1) is 17.5 Å². The number of carboxylic acid groups (broad SMARTS) is 1. The molecule has 1 aromatic heterocycles. The lowest BCUT2D eigenvalue weighted by atomic mass is 10.3. The van der Waals surface area contributed by atoms with Crippen LogP contribution < -0.4 is 0 Å². The maximum Gasteiger partial charge on any atom is 0.303 e. The van der Waals surface area contributed by atoms with Crippen LogP contribution in [0.3, 0.4) is 0 Å². The molecule has 1 N–H and O–H groups in total. The molecule has 0 aliphatic carbocycles. The second-order valence-electron chi connectivity index (χ2n) is 4.71. The summed E-state index contributed by atoms with van der Waals surface area (Å²) in [7, 11) is 0. The zero-order valence-corrected chi connectivity index (χ0v) is 12.7. The summed E-state index contributed by atoms with van der Waals surface area (Å²) in [5.41, 5.74) is 1.51. The summed E-state index contributed by atoms with van der Waals surface area (Å²) in [6, 6.07) is 7.43. The van der Waals surface area contributed by atoms with Gasteiger partial charge in [-0.05, 0) is 18.6 Å². The van der Waals surface area contributed by atoms with Gasteiger partial charge in [-0.2, -0.15) is 0 Å². The van der Waals surface area contributed by atoms with E-state index in [1.807, 2.05) is 24.3 Å². The molecule has 112 valence electrons. The van der Waals surface area contributed by atoms with E-state index in [4.69, 9.17) is 5.11 Å². The van der Waals surface area contributed by atoms with Gasteiger partial charge in [-0.1, -0.05) is 37.2 Å². The van der Waals surface area contributed by atoms with Crippen LogP contribution in [0.25, 0.3) is 11.0 Å². The summed E-state index contributed by atoms with van der Waals surface area (Å²) in [5.74, 6) is -0.287. The molecule has 0 radical (unpaired) electrons. The minimum absolute atomic E-state index is 0.0168. The fraction of sp³-hybridized carbons (Fsp3) is 0.400. The van der Waals surface area contributed by atoms with Crippen LogP contribution in [0.15, 0.2) is 29.4 Å². The summed E-state index contributed by atoms with van der Waals surface area (Å²) >= 11 is 1.54. The first-order valence-electron chi connectivity index (χ1n) is 6.98. The van der Waals surface area contributed by atoms with Crippen molar-refractivity contribution in [2.24, 2.45) is 0 Å². The van der Waals surface area contributed by atoms with E-state index >= 15 is 0 Å². The Morgan fingerprint density at radius 3 is 2.76 bits per heavy atom. The van der Waals surface area contributed by atoms with Crippen molar-refractivity contribution in [1.82, 2.24) is 9.55 Å². The number of unbranched alkanes of at least 4 members (excludes halogenated alkanes) is 1. The lowest BCUT2D eigenvalue weighted by molar-refractivity contribution is -0.137. The van der Waals surface area contributed by atoms with Gasteiger partial charge >= 0.3 is 5.97 Å². The fourth-order valence-corrected chi connectivity index (χ4v) is 3.08. The minimum Gasteiger partial charge on any atom is -0.481 e. The van der Waals surface area contributed by atoms with Gasteiger partial charge in [0.15, 0.2) is 5.16 Å². The van der Waals surface area contributed by atoms with Crippen LogP contribution in [-0.2, 0) is 4.79 Å². The number of hydrogen-bond donors (Lipinski definition) is 1. The van der Waals surface area contributed by atoms with E-state index < -0.39 is 5.97 Å². The van der Waals surface area contributed by atoms with Gasteiger partial charge in [0.25, 0.3) is 0 Å². The summed E-state index contributed by atoms with van der Waals surface area (Å²) in [5, 5.41) is 9.39. The van der Waals surface area contributed by atoms with Crippen LogP contribution >= 0.6 is 11.8 Å². The van der Waals surface area contributed by atoms with E-state index in [0.29, 0.717) is 5.16 Å². The number of hydrogen-bond acceptors (Lipinski definition) is 4. The van der Waals surface area contributed by atoms with Gasteiger partial charge < -0.3 is 5.11 Å². The highest BCUT2D eigenvalue weighted by Crippen LogP contribution is 2.25. The van der Waals surface area contributed by atoms with Crippen LogP contribution in [0.2, 0.25) is 0 Å². The molecule has 0 fully saturated rings. The number of carbonyl (C=O) groups is 2. The highest BCUT2D eigenvalue weighted by atomic mass is 32.2. The average molecular weight is 306 g/mol. The molecule has 2 aromatic rings. The van der Waals surface area contributed by atoms with Crippen molar-refractivity contribution < 1.29 is 14.7 Å². The largest absolute Gasteiger partial charge is 0.481 e. The molecule has 0 spiro atoms. The number of aliphatic carboxylic acids is 1. The molecule has 0 unspecified atom stereocenters. The first-order valence-corrected chi connectivity index (χ1v) is 7.97. The van der Waals surface area contributed by atoms with Crippen molar-refractivity contribution in [2.45, 2.75) is 37.8 Å². The second kappa shape index (κ2) is 7.26. The molecule has 0 atom stereocenters. The lowest BCUT2D eigenvalue weighted by Gasteiger charge is -2.06. The topological polar surface area (TPSA) is 72.2 Å². The number of thioether (sulfide) groups is 1. The second-order valence-corrected chi connectivity index (χ2v) is 5.77. The molecular formula is C15H18N2O3S. The number of rotatable bonds is 7. The molecule has 6 heteroatoms. The Bertz CT molecular complexity index is 651.